The Labute approximate surface area is 128 Å². The molecule has 1 aromatic carbocycles. The molecule has 19 heavy (non-hydrogen) atoms. The van der Waals surface area contributed by atoms with Crippen molar-refractivity contribution in [2.24, 2.45) is 0 Å². The first kappa shape index (κ1) is 15.4. The van der Waals surface area contributed by atoms with Gasteiger partial charge < -0.3 is 10.1 Å². The Morgan fingerprint density at radius 3 is 2.84 bits per heavy atom. The molecule has 0 spiro atoms. The second-order valence-electron chi connectivity index (χ2n) is 5.32. The highest BCUT2D eigenvalue weighted by Gasteiger charge is 2.25. The van der Waals surface area contributed by atoms with Crippen molar-refractivity contribution >= 4 is 27.7 Å². The van der Waals surface area contributed by atoms with E-state index in [0.29, 0.717) is 17.4 Å². The Morgan fingerprint density at radius 2 is 2.26 bits per heavy atom. The molecule has 0 aliphatic carbocycles. The number of rotatable bonds is 5. The second-order valence-corrected chi connectivity index (χ2v) is 7.46. The van der Waals surface area contributed by atoms with E-state index in [4.69, 9.17) is 4.74 Å². The standard InChI is InChI=1S/C15H22BrNOS/c1-10(2)17-9-12-4-5-15(13(16)8-12)19-14-6-7-18-11(14)3/h4-5,8,10-11,14,17H,6-7,9H2,1-3H3. The van der Waals surface area contributed by atoms with Gasteiger partial charge in [-0.1, -0.05) is 19.9 Å². The summed E-state index contributed by atoms with van der Waals surface area (Å²) in [6.07, 6.45) is 1.51. The summed E-state index contributed by atoms with van der Waals surface area (Å²) in [6, 6.07) is 7.17. The van der Waals surface area contributed by atoms with Crippen LogP contribution in [0, 0.1) is 0 Å². The minimum atomic E-state index is 0.360. The van der Waals surface area contributed by atoms with E-state index in [1.807, 2.05) is 11.8 Å². The molecule has 106 valence electrons. The van der Waals surface area contributed by atoms with Gasteiger partial charge >= 0.3 is 0 Å². The van der Waals surface area contributed by atoms with Crippen molar-refractivity contribution in [2.75, 3.05) is 6.61 Å². The third kappa shape index (κ3) is 4.48. The molecule has 1 N–H and O–H groups in total. The minimum absolute atomic E-state index is 0.360. The Morgan fingerprint density at radius 1 is 1.47 bits per heavy atom. The Hall–Kier alpha value is -0.0300. The summed E-state index contributed by atoms with van der Waals surface area (Å²) in [7, 11) is 0. The molecule has 2 nitrogen and oxygen atoms in total. The molecule has 0 saturated carbocycles. The molecular formula is C15H22BrNOS. The van der Waals surface area contributed by atoms with Gasteiger partial charge in [-0.25, -0.2) is 0 Å². The fourth-order valence-corrected chi connectivity index (χ4v) is 3.94. The number of halogens is 1. The highest BCUT2D eigenvalue weighted by Crippen LogP contribution is 2.36. The van der Waals surface area contributed by atoms with Crippen LogP contribution in [0.25, 0.3) is 0 Å². The van der Waals surface area contributed by atoms with Crippen molar-refractivity contribution in [3.05, 3.63) is 28.2 Å². The lowest BCUT2D eigenvalue weighted by molar-refractivity contribution is 0.127. The SMILES string of the molecule is CC(C)NCc1ccc(SC2CCOC2C)c(Br)c1. The van der Waals surface area contributed by atoms with Crippen LogP contribution in [-0.4, -0.2) is 24.0 Å². The number of benzene rings is 1. The predicted molar refractivity (Wildman–Crippen MR) is 85.8 cm³/mol. The van der Waals surface area contributed by atoms with E-state index in [0.717, 1.165) is 19.6 Å². The number of nitrogens with one attached hydrogen (secondary N) is 1. The van der Waals surface area contributed by atoms with Crippen LogP contribution >= 0.6 is 27.7 Å². The Bertz CT molecular complexity index is 425. The van der Waals surface area contributed by atoms with Crippen molar-refractivity contribution in [2.45, 2.75) is 56.0 Å². The average molecular weight is 344 g/mol. The van der Waals surface area contributed by atoms with Gasteiger partial charge in [0.1, 0.15) is 0 Å². The van der Waals surface area contributed by atoms with Gasteiger partial charge in [-0.3, -0.25) is 0 Å². The van der Waals surface area contributed by atoms with Crippen LogP contribution in [-0.2, 0) is 11.3 Å². The summed E-state index contributed by atoms with van der Waals surface area (Å²) in [5, 5.41) is 4.02. The fraction of sp³-hybridized carbons (Fsp3) is 0.600. The highest BCUT2D eigenvalue weighted by molar-refractivity contribution is 9.10. The first-order valence-electron chi connectivity index (χ1n) is 6.86. The van der Waals surface area contributed by atoms with Crippen molar-refractivity contribution < 1.29 is 4.74 Å². The first-order valence-corrected chi connectivity index (χ1v) is 8.53. The molecule has 1 heterocycles. The molecule has 1 saturated heterocycles. The summed E-state index contributed by atoms with van der Waals surface area (Å²) in [5.74, 6) is 0. The smallest absolute Gasteiger partial charge is 0.0669 e. The molecule has 2 unspecified atom stereocenters. The van der Waals surface area contributed by atoms with Crippen molar-refractivity contribution in [1.29, 1.82) is 0 Å². The van der Waals surface area contributed by atoms with Crippen LogP contribution in [0.1, 0.15) is 32.8 Å². The molecule has 0 radical (unpaired) electrons. The topological polar surface area (TPSA) is 21.3 Å². The minimum Gasteiger partial charge on any atom is -0.377 e. The van der Waals surface area contributed by atoms with Gasteiger partial charge in [0.25, 0.3) is 0 Å². The quantitative estimate of drug-likeness (QED) is 0.864. The molecule has 1 fully saturated rings. The summed E-state index contributed by atoms with van der Waals surface area (Å²) in [4.78, 5) is 1.32. The molecule has 2 rings (SSSR count). The Kier molecular flexibility index (Phi) is 5.75. The van der Waals surface area contributed by atoms with E-state index in [1.165, 1.54) is 14.9 Å². The van der Waals surface area contributed by atoms with Gasteiger partial charge in [0, 0.05) is 33.8 Å². The van der Waals surface area contributed by atoms with E-state index < -0.39 is 0 Å². The van der Waals surface area contributed by atoms with Crippen molar-refractivity contribution in [1.82, 2.24) is 5.32 Å². The number of thioether (sulfide) groups is 1. The van der Waals surface area contributed by atoms with Gasteiger partial charge in [-0.2, -0.15) is 0 Å². The van der Waals surface area contributed by atoms with E-state index >= 15 is 0 Å². The van der Waals surface area contributed by atoms with Gasteiger partial charge in [-0.05, 0) is 47.0 Å². The largest absolute Gasteiger partial charge is 0.377 e. The van der Waals surface area contributed by atoms with Crippen LogP contribution in [0.4, 0.5) is 0 Å². The first-order chi connectivity index (χ1) is 9.06. The van der Waals surface area contributed by atoms with E-state index in [2.05, 4.69) is 60.2 Å². The zero-order valence-corrected chi connectivity index (χ0v) is 14.2. The maximum absolute atomic E-state index is 5.62. The van der Waals surface area contributed by atoms with Crippen LogP contribution < -0.4 is 5.32 Å². The van der Waals surface area contributed by atoms with Gasteiger partial charge in [0.2, 0.25) is 0 Å². The van der Waals surface area contributed by atoms with Crippen LogP contribution in [0.3, 0.4) is 0 Å². The monoisotopic (exact) mass is 343 g/mol. The summed E-state index contributed by atoms with van der Waals surface area (Å²) >= 11 is 5.62. The predicted octanol–water partition coefficient (Wildman–Crippen LogP) is 4.22. The summed E-state index contributed by atoms with van der Waals surface area (Å²) < 4.78 is 6.81. The maximum Gasteiger partial charge on any atom is 0.0669 e. The van der Waals surface area contributed by atoms with E-state index in [1.54, 1.807) is 0 Å². The normalized spacial score (nSPS) is 23.2. The molecule has 1 aliphatic heterocycles. The van der Waals surface area contributed by atoms with Crippen LogP contribution in [0.15, 0.2) is 27.6 Å². The third-order valence-corrected chi connectivity index (χ3v) is 5.75. The molecule has 2 atom stereocenters. The molecule has 1 aromatic rings. The zero-order chi connectivity index (χ0) is 13.8. The third-order valence-electron chi connectivity index (χ3n) is 3.30. The number of ether oxygens (including phenoxy) is 1. The molecule has 0 amide bonds. The molecule has 0 bridgehead atoms. The maximum atomic E-state index is 5.62. The number of hydrogen-bond donors (Lipinski definition) is 1. The van der Waals surface area contributed by atoms with Crippen molar-refractivity contribution in [3.63, 3.8) is 0 Å². The lowest BCUT2D eigenvalue weighted by Crippen LogP contribution is -2.21. The van der Waals surface area contributed by atoms with Crippen LogP contribution in [0.2, 0.25) is 0 Å². The van der Waals surface area contributed by atoms with Gasteiger partial charge in [-0.15, -0.1) is 11.8 Å². The zero-order valence-electron chi connectivity index (χ0n) is 11.8. The molecule has 4 heteroatoms. The van der Waals surface area contributed by atoms with Crippen LogP contribution in [0.5, 0.6) is 0 Å². The average Bonchev–Trinajstić information content (AvgIpc) is 2.75. The molecular weight excluding hydrogens is 322 g/mol. The van der Waals surface area contributed by atoms with Gasteiger partial charge in [0.15, 0.2) is 0 Å². The fourth-order valence-electron chi connectivity index (χ4n) is 2.10. The highest BCUT2D eigenvalue weighted by atomic mass is 79.9. The second kappa shape index (κ2) is 7.11. The van der Waals surface area contributed by atoms with E-state index in [-0.39, 0.29) is 0 Å². The number of hydrogen-bond acceptors (Lipinski definition) is 3. The van der Waals surface area contributed by atoms with Gasteiger partial charge in [0.05, 0.1) is 6.10 Å². The molecule has 1 aliphatic rings. The summed E-state index contributed by atoms with van der Waals surface area (Å²) in [5.41, 5.74) is 1.32. The van der Waals surface area contributed by atoms with E-state index in [9.17, 15) is 0 Å². The lowest BCUT2D eigenvalue weighted by atomic mass is 10.2. The van der Waals surface area contributed by atoms with Crippen molar-refractivity contribution in [3.8, 4) is 0 Å². The summed E-state index contributed by atoms with van der Waals surface area (Å²) in [6.45, 7) is 8.32. The molecule has 0 aromatic heterocycles. The lowest BCUT2D eigenvalue weighted by Gasteiger charge is -2.15. The Balaban J connectivity index is 1.98.